The standard InChI is InChI=1S/C15H24N2O2S/c1-10(2)17(9-13-5-6-13)20(18,19)14-7-11(3)12(4)15(16)8-14/h7-8,10,13H,5-6,9,16H2,1-4H3. The first-order valence-electron chi connectivity index (χ1n) is 7.12. The summed E-state index contributed by atoms with van der Waals surface area (Å²) in [6.07, 6.45) is 2.27. The predicted molar refractivity (Wildman–Crippen MR) is 82.1 cm³/mol. The van der Waals surface area contributed by atoms with E-state index in [1.165, 1.54) is 0 Å². The zero-order valence-corrected chi connectivity index (χ0v) is 13.5. The van der Waals surface area contributed by atoms with E-state index in [-0.39, 0.29) is 6.04 Å². The third-order valence-electron chi connectivity index (χ3n) is 4.00. The zero-order valence-electron chi connectivity index (χ0n) is 12.7. The van der Waals surface area contributed by atoms with Crippen molar-refractivity contribution < 1.29 is 8.42 Å². The highest BCUT2D eigenvalue weighted by atomic mass is 32.2. The molecule has 5 heteroatoms. The van der Waals surface area contributed by atoms with Gasteiger partial charge in [-0.15, -0.1) is 0 Å². The van der Waals surface area contributed by atoms with Crippen molar-refractivity contribution in [2.24, 2.45) is 5.92 Å². The van der Waals surface area contributed by atoms with Crippen LogP contribution in [0.1, 0.15) is 37.8 Å². The molecule has 0 aromatic heterocycles. The maximum absolute atomic E-state index is 12.8. The molecule has 4 nitrogen and oxygen atoms in total. The summed E-state index contributed by atoms with van der Waals surface area (Å²) in [4.78, 5) is 0.312. The van der Waals surface area contributed by atoms with Crippen LogP contribution in [0.4, 0.5) is 5.69 Å². The number of anilines is 1. The van der Waals surface area contributed by atoms with Crippen LogP contribution in [0.3, 0.4) is 0 Å². The minimum Gasteiger partial charge on any atom is -0.398 e. The lowest BCUT2D eigenvalue weighted by molar-refractivity contribution is 0.341. The van der Waals surface area contributed by atoms with Gasteiger partial charge in [0.1, 0.15) is 0 Å². The molecule has 1 fully saturated rings. The topological polar surface area (TPSA) is 63.4 Å². The second-order valence-electron chi connectivity index (χ2n) is 6.07. The largest absolute Gasteiger partial charge is 0.398 e. The normalized spacial score (nSPS) is 16.1. The molecule has 0 unspecified atom stereocenters. The van der Waals surface area contributed by atoms with Gasteiger partial charge >= 0.3 is 0 Å². The lowest BCUT2D eigenvalue weighted by atomic mass is 10.1. The van der Waals surface area contributed by atoms with Crippen molar-refractivity contribution in [2.45, 2.75) is 51.5 Å². The van der Waals surface area contributed by atoms with Gasteiger partial charge in [0.05, 0.1) is 4.90 Å². The number of benzene rings is 1. The van der Waals surface area contributed by atoms with E-state index in [1.54, 1.807) is 16.4 Å². The van der Waals surface area contributed by atoms with Crippen molar-refractivity contribution in [2.75, 3.05) is 12.3 Å². The Morgan fingerprint density at radius 2 is 1.90 bits per heavy atom. The Kier molecular flexibility index (Phi) is 4.12. The highest BCUT2D eigenvalue weighted by Crippen LogP contribution is 2.33. The first-order chi connectivity index (χ1) is 9.23. The summed E-state index contributed by atoms with van der Waals surface area (Å²) >= 11 is 0. The lowest BCUT2D eigenvalue weighted by Crippen LogP contribution is -2.38. The first kappa shape index (κ1) is 15.3. The van der Waals surface area contributed by atoms with Crippen molar-refractivity contribution in [3.05, 3.63) is 23.3 Å². The Morgan fingerprint density at radius 1 is 1.30 bits per heavy atom. The molecular formula is C15H24N2O2S. The molecule has 0 amide bonds. The molecule has 0 bridgehead atoms. The zero-order chi connectivity index (χ0) is 15.1. The van der Waals surface area contributed by atoms with E-state index in [1.807, 2.05) is 27.7 Å². The number of nitrogen functional groups attached to an aromatic ring is 1. The van der Waals surface area contributed by atoms with Crippen LogP contribution in [0.5, 0.6) is 0 Å². The summed E-state index contributed by atoms with van der Waals surface area (Å²) in [6.45, 7) is 8.26. The number of rotatable bonds is 5. The van der Waals surface area contributed by atoms with E-state index in [0.29, 0.717) is 23.0 Å². The summed E-state index contributed by atoms with van der Waals surface area (Å²) in [6, 6.07) is 3.27. The Bertz CT molecular complexity index is 581. The van der Waals surface area contributed by atoms with Gasteiger partial charge in [-0.3, -0.25) is 0 Å². The van der Waals surface area contributed by atoms with Crippen LogP contribution >= 0.6 is 0 Å². The average molecular weight is 296 g/mol. The van der Waals surface area contributed by atoms with E-state index in [0.717, 1.165) is 24.0 Å². The summed E-state index contributed by atoms with van der Waals surface area (Å²) in [5.41, 5.74) is 8.33. The summed E-state index contributed by atoms with van der Waals surface area (Å²) in [5, 5.41) is 0. The van der Waals surface area contributed by atoms with Gasteiger partial charge in [-0.25, -0.2) is 8.42 Å². The maximum Gasteiger partial charge on any atom is 0.243 e. The van der Waals surface area contributed by atoms with Gasteiger partial charge in [-0.1, -0.05) is 0 Å². The van der Waals surface area contributed by atoms with Crippen LogP contribution in [0, 0.1) is 19.8 Å². The van der Waals surface area contributed by atoms with Crippen molar-refractivity contribution >= 4 is 15.7 Å². The monoisotopic (exact) mass is 296 g/mol. The molecule has 1 aromatic carbocycles. The van der Waals surface area contributed by atoms with Crippen molar-refractivity contribution in [3.63, 3.8) is 0 Å². The summed E-state index contributed by atoms with van der Waals surface area (Å²) < 4.78 is 27.3. The van der Waals surface area contributed by atoms with Gasteiger partial charge in [0, 0.05) is 18.3 Å². The van der Waals surface area contributed by atoms with Crippen molar-refractivity contribution in [3.8, 4) is 0 Å². The van der Waals surface area contributed by atoms with E-state index in [9.17, 15) is 8.42 Å². The van der Waals surface area contributed by atoms with E-state index in [2.05, 4.69) is 0 Å². The maximum atomic E-state index is 12.8. The molecule has 2 N–H and O–H groups in total. The predicted octanol–water partition coefficient (Wildman–Crippen LogP) is 2.69. The van der Waals surface area contributed by atoms with Gasteiger partial charge in [-0.05, 0) is 69.7 Å². The number of hydrogen-bond donors (Lipinski definition) is 1. The number of nitrogens with zero attached hydrogens (tertiary/aromatic N) is 1. The first-order valence-corrected chi connectivity index (χ1v) is 8.56. The van der Waals surface area contributed by atoms with Gasteiger partial charge in [0.25, 0.3) is 0 Å². The van der Waals surface area contributed by atoms with Crippen LogP contribution in [-0.2, 0) is 10.0 Å². The average Bonchev–Trinajstić information content (AvgIpc) is 3.15. The highest BCUT2D eigenvalue weighted by molar-refractivity contribution is 7.89. The molecule has 0 aliphatic heterocycles. The minimum atomic E-state index is -3.46. The smallest absolute Gasteiger partial charge is 0.243 e. The fraction of sp³-hybridized carbons (Fsp3) is 0.600. The van der Waals surface area contributed by atoms with Gasteiger partial charge in [-0.2, -0.15) is 4.31 Å². The molecule has 0 radical (unpaired) electrons. The molecule has 2 rings (SSSR count). The second kappa shape index (κ2) is 5.37. The minimum absolute atomic E-state index is 0.0385. The molecule has 1 saturated carbocycles. The van der Waals surface area contributed by atoms with E-state index in [4.69, 9.17) is 5.73 Å². The number of aryl methyl sites for hydroxylation is 1. The van der Waals surface area contributed by atoms with Crippen LogP contribution in [0.15, 0.2) is 17.0 Å². The SMILES string of the molecule is Cc1cc(S(=O)(=O)N(CC2CC2)C(C)C)cc(N)c1C. The Labute approximate surface area is 122 Å². The van der Waals surface area contributed by atoms with Gasteiger partial charge in [0.15, 0.2) is 0 Å². The fourth-order valence-corrected chi connectivity index (χ4v) is 4.11. The van der Waals surface area contributed by atoms with Crippen molar-refractivity contribution in [1.82, 2.24) is 4.31 Å². The summed E-state index contributed by atoms with van der Waals surface area (Å²) in [7, 11) is -3.46. The molecule has 1 aliphatic carbocycles. The Morgan fingerprint density at radius 3 is 2.35 bits per heavy atom. The number of hydrogen-bond acceptors (Lipinski definition) is 3. The van der Waals surface area contributed by atoms with E-state index >= 15 is 0 Å². The molecule has 1 aliphatic rings. The molecule has 20 heavy (non-hydrogen) atoms. The van der Waals surface area contributed by atoms with Gasteiger partial charge in [0.2, 0.25) is 10.0 Å². The highest BCUT2D eigenvalue weighted by Gasteiger charge is 2.33. The Balaban J connectivity index is 2.41. The second-order valence-corrected chi connectivity index (χ2v) is 7.96. The van der Waals surface area contributed by atoms with Crippen LogP contribution in [-0.4, -0.2) is 25.3 Å². The molecule has 112 valence electrons. The molecule has 0 saturated heterocycles. The third kappa shape index (κ3) is 2.99. The number of sulfonamides is 1. The van der Waals surface area contributed by atoms with E-state index < -0.39 is 10.0 Å². The van der Waals surface area contributed by atoms with Crippen LogP contribution in [0.2, 0.25) is 0 Å². The third-order valence-corrected chi connectivity index (χ3v) is 6.02. The number of nitrogens with two attached hydrogens (primary N) is 1. The van der Waals surface area contributed by atoms with Gasteiger partial charge < -0.3 is 5.73 Å². The van der Waals surface area contributed by atoms with Crippen LogP contribution in [0.25, 0.3) is 0 Å². The lowest BCUT2D eigenvalue weighted by Gasteiger charge is -2.26. The van der Waals surface area contributed by atoms with Crippen molar-refractivity contribution in [1.29, 1.82) is 0 Å². The molecule has 0 atom stereocenters. The molecule has 0 spiro atoms. The van der Waals surface area contributed by atoms with Crippen LogP contribution < -0.4 is 5.73 Å². The summed E-state index contributed by atoms with van der Waals surface area (Å²) in [5.74, 6) is 0.524. The quantitative estimate of drug-likeness (QED) is 0.850. The Hall–Kier alpha value is -1.07. The molecule has 1 aromatic rings. The fourth-order valence-electron chi connectivity index (χ4n) is 2.28. The molecule has 0 heterocycles. The molecular weight excluding hydrogens is 272 g/mol.